The lowest BCUT2D eigenvalue weighted by atomic mass is 9.92. The van der Waals surface area contributed by atoms with Crippen LogP contribution < -0.4 is 10.2 Å². The number of hydrogen-bond acceptors (Lipinski definition) is 4. The summed E-state index contributed by atoms with van der Waals surface area (Å²) in [6.45, 7) is 6.35. The fourth-order valence-corrected chi connectivity index (χ4v) is 4.45. The molecule has 1 N–H and O–H groups in total. The van der Waals surface area contributed by atoms with Crippen LogP contribution in [0.25, 0.3) is 11.5 Å². The highest BCUT2D eigenvalue weighted by Gasteiger charge is 2.49. The Labute approximate surface area is 198 Å². The molecule has 2 aromatic carbocycles. The highest BCUT2D eigenvalue weighted by atomic mass is 16.3. The molecule has 0 radical (unpaired) electrons. The number of aryl methyl sites for hydroxylation is 1. The zero-order chi connectivity index (χ0) is 23.9. The van der Waals surface area contributed by atoms with Crippen molar-refractivity contribution in [1.82, 2.24) is 15.1 Å². The second-order valence-corrected chi connectivity index (χ2v) is 8.85. The number of amides is 2. The monoisotopic (exact) mass is 454 g/mol. The molecule has 0 fully saturated rings. The molecule has 5 rings (SSSR count). The molecule has 2 amide bonds. The quantitative estimate of drug-likeness (QED) is 0.482. The van der Waals surface area contributed by atoms with Crippen molar-refractivity contribution in [1.29, 1.82) is 0 Å². The molecular formula is C27H26N4O3. The van der Waals surface area contributed by atoms with E-state index in [4.69, 9.17) is 4.42 Å². The van der Waals surface area contributed by atoms with E-state index in [1.807, 2.05) is 62.4 Å². The maximum Gasteiger partial charge on any atom is 0.277 e. The summed E-state index contributed by atoms with van der Waals surface area (Å²) in [6, 6.07) is 20.8. The smallest absolute Gasteiger partial charge is 0.277 e. The standard InChI is InChI=1S/C27H26N4O3/c1-18-9-7-12-22(19(18)2)31-25(32)23-15-21(24-13-8-14-34-24)29-30(23)17-27(31,3)26(33)28-16-20-10-5-4-6-11-20/h4-15H,16-17H2,1-3H3,(H,28,33)/t27-/m0/s1. The Morgan fingerprint density at radius 1 is 1.09 bits per heavy atom. The van der Waals surface area contributed by atoms with E-state index in [1.54, 1.807) is 41.0 Å². The molecule has 1 atom stereocenters. The number of anilines is 1. The Hall–Kier alpha value is -4.13. The van der Waals surface area contributed by atoms with Gasteiger partial charge in [0, 0.05) is 18.3 Å². The molecule has 0 spiro atoms. The predicted octanol–water partition coefficient (Wildman–Crippen LogP) is 4.50. The number of hydrogen-bond donors (Lipinski definition) is 1. The maximum atomic E-state index is 13.9. The fourth-order valence-electron chi connectivity index (χ4n) is 4.45. The van der Waals surface area contributed by atoms with Gasteiger partial charge in [0.2, 0.25) is 5.91 Å². The van der Waals surface area contributed by atoms with Crippen LogP contribution in [-0.2, 0) is 17.9 Å². The van der Waals surface area contributed by atoms with Crippen molar-refractivity contribution in [2.45, 2.75) is 39.4 Å². The van der Waals surface area contributed by atoms with E-state index in [9.17, 15) is 9.59 Å². The van der Waals surface area contributed by atoms with Gasteiger partial charge >= 0.3 is 0 Å². The molecule has 0 aliphatic carbocycles. The first-order chi connectivity index (χ1) is 16.4. The Morgan fingerprint density at radius 2 is 1.88 bits per heavy atom. The van der Waals surface area contributed by atoms with Crippen LogP contribution in [0.5, 0.6) is 0 Å². The van der Waals surface area contributed by atoms with E-state index in [0.717, 1.165) is 16.7 Å². The van der Waals surface area contributed by atoms with Gasteiger partial charge in [0.05, 0.1) is 12.8 Å². The van der Waals surface area contributed by atoms with Gasteiger partial charge in [0.15, 0.2) is 5.76 Å². The Bertz CT molecular complexity index is 1360. The van der Waals surface area contributed by atoms with Gasteiger partial charge in [-0.15, -0.1) is 0 Å². The van der Waals surface area contributed by atoms with Crippen molar-refractivity contribution < 1.29 is 14.0 Å². The Morgan fingerprint density at radius 3 is 2.62 bits per heavy atom. The van der Waals surface area contributed by atoms with Gasteiger partial charge in [-0.1, -0.05) is 42.5 Å². The van der Waals surface area contributed by atoms with Crippen LogP contribution >= 0.6 is 0 Å². The van der Waals surface area contributed by atoms with E-state index in [-0.39, 0.29) is 18.4 Å². The molecule has 4 aromatic rings. The minimum absolute atomic E-state index is 0.211. The predicted molar refractivity (Wildman–Crippen MR) is 129 cm³/mol. The number of carbonyl (C=O) groups is 2. The van der Waals surface area contributed by atoms with E-state index in [2.05, 4.69) is 10.4 Å². The summed E-state index contributed by atoms with van der Waals surface area (Å²) >= 11 is 0. The van der Waals surface area contributed by atoms with Crippen LogP contribution in [0, 0.1) is 13.8 Å². The first-order valence-corrected chi connectivity index (χ1v) is 11.2. The Kier molecular flexibility index (Phi) is 5.32. The van der Waals surface area contributed by atoms with Crippen molar-refractivity contribution in [3.8, 4) is 11.5 Å². The molecule has 0 saturated heterocycles. The van der Waals surface area contributed by atoms with Crippen molar-refractivity contribution >= 4 is 17.5 Å². The number of rotatable bonds is 5. The van der Waals surface area contributed by atoms with Gasteiger partial charge in [-0.05, 0) is 55.7 Å². The second kappa shape index (κ2) is 8.33. The molecule has 1 aliphatic rings. The lowest BCUT2D eigenvalue weighted by molar-refractivity contribution is -0.126. The molecule has 0 bridgehead atoms. The number of fused-ring (bicyclic) bond motifs is 1. The summed E-state index contributed by atoms with van der Waals surface area (Å²) in [5.41, 5.74) is 3.49. The summed E-state index contributed by atoms with van der Waals surface area (Å²) in [5.74, 6) is 0.0529. The van der Waals surface area contributed by atoms with Gasteiger partial charge < -0.3 is 9.73 Å². The number of furan rings is 1. The van der Waals surface area contributed by atoms with Gasteiger partial charge in [-0.25, -0.2) is 0 Å². The van der Waals surface area contributed by atoms with Crippen molar-refractivity contribution in [2.75, 3.05) is 4.90 Å². The summed E-state index contributed by atoms with van der Waals surface area (Å²) in [7, 11) is 0. The highest BCUT2D eigenvalue weighted by Crippen LogP contribution is 2.36. The molecule has 34 heavy (non-hydrogen) atoms. The van der Waals surface area contributed by atoms with Crippen molar-refractivity contribution in [3.63, 3.8) is 0 Å². The van der Waals surface area contributed by atoms with Crippen molar-refractivity contribution in [2.24, 2.45) is 0 Å². The summed E-state index contributed by atoms with van der Waals surface area (Å²) in [4.78, 5) is 29.2. The average Bonchev–Trinajstić information content (AvgIpc) is 3.51. The van der Waals surface area contributed by atoms with Crippen LogP contribution in [0.4, 0.5) is 5.69 Å². The number of nitrogens with zero attached hydrogens (tertiary/aromatic N) is 3. The third-order valence-electron chi connectivity index (χ3n) is 6.53. The molecular weight excluding hydrogens is 428 g/mol. The lowest BCUT2D eigenvalue weighted by Crippen LogP contribution is -2.64. The molecule has 0 saturated carbocycles. The summed E-state index contributed by atoms with van der Waals surface area (Å²) < 4.78 is 7.10. The average molecular weight is 455 g/mol. The van der Waals surface area contributed by atoms with Crippen LogP contribution in [0.1, 0.15) is 34.1 Å². The number of aromatic nitrogens is 2. The first kappa shape index (κ1) is 21.7. The lowest BCUT2D eigenvalue weighted by Gasteiger charge is -2.43. The minimum Gasteiger partial charge on any atom is -0.463 e. The number of carbonyl (C=O) groups excluding carboxylic acids is 2. The zero-order valence-corrected chi connectivity index (χ0v) is 19.4. The maximum absolute atomic E-state index is 13.9. The molecule has 2 aromatic heterocycles. The van der Waals surface area contributed by atoms with E-state index < -0.39 is 5.54 Å². The molecule has 172 valence electrons. The van der Waals surface area contributed by atoms with Gasteiger partial charge in [0.1, 0.15) is 16.9 Å². The van der Waals surface area contributed by atoms with Crippen molar-refractivity contribution in [3.05, 3.63) is 95.4 Å². The van der Waals surface area contributed by atoms with Crippen LogP contribution in [-0.4, -0.2) is 27.1 Å². The largest absolute Gasteiger partial charge is 0.463 e. The zero-order valence-electron chi connectivity index (χ0n) is 19.4. The molecule has 7 nitrogen and oxygen atoms in total. The summed E-state index contributed by atoms with van der Waals surface area (Å²) in [5, 5.41) is 7.64. The SMILES string of the molecule is Cc1cccc(N2C(=O)c3cc(-c4ccco4)nn3C[C@@]2(C)C(=O)NCc2ccccc2)c1C. The molecule has 0 unspecified atom stereocenters. The highest BCUT2D eigenvalue weighted by molar-refractivity contribution is 6.12. The fraction of sp³-hybridized carbons (Fsp3) is 0.222. The Balaban J connectivity index is 1.58. The minimum atomic E-state index is -1.19. The normalized spacial score (nSPS) is 17.5. The van der Waals surface area contributed by atoms with E-state index in [1.165, 1.54) is 0 Å². The van der Waals surface area contributed by atoms with Gasteiger partial charge in [-0.2, -0.15) is 5.10 Å². The molecule has 7 heteroatoms. The van der Waals surface area contributed by atoms with Crippen LogP contribution in [0.15, 0.2) is 77.4 Å². The summed E-state index contributed by atoms with van der Waals surface area (Å²) in [6.07, 6.45) is 1.57. The van der Waals surface area contributed by atoms with E-state index in [0.29, 0.717) is 29.4 Å². The molecule has 3 heterocycles. The second-order valence-electron chi connectivity index (χ2n) is 8.85. The van der Waals surface area contributed by atoms with E-state index >= 15 is 0 Å². The number of benzene rings is 2. The molecule has 1 aliphatic heterocycles. The van der Waals surface area contributed by atoms with Crippen LogP contribution in [0.2, 0.25) is 0 Å². The first-order valence-electron chi connectivity index (χ1n) is 11.2. The van der Waals surface area contributed by atoms with Crippen LogP contribution in [0.3, 0.4) is 0 Å². The number of nitrogens with one attached hydrogen (secondary N) is 1. The van der Waals surface area contributed by atoms with Gasteiger partial charge in [-0.3, -0.25) is 19.2 Å². The third kappa shape index (κ3) is 3.59. The van der Waals surface area contributed by atoms with Gasteiger partial charge in [0.25, 0.3) is 5.91 Å². The topological polar surface area (TPSA) is 80.4 Å². The third-order valence-corrected chi connectivity index (χ3v) is 6.53.